The summed E-state index contributed by atoms with van der Waals surface area (Å²) in [6.07, 6.45) is 0. The first kappa shape index (κ1) is 26.0. The van der Waals surface area contributed by atoms with Crippen LogP contribution in [-0.2, 0) is 23.1 Å². The van der Waals surface area contributed by atoms with Gasteiger partial charge in [-0.1, -0.05) is 78.4 Å². The smallest absolute Gasteiger partial charge is 0.264 e. The highest BCUT2D eigenvalue weighted by Gasteiger charge is 2.28. The van der Waals surface area contributed by atoms with Gasteiger partial charge < -0.3 is 10.1 Å². The van der Waals surface area contributed by atoms with Crippen molar-refractivity contribution in [3.05, 3.63) is 125 Å². The van der Waals surface area contributed by atoms with Crippen LogP contribution in [0.3, 0.4) is 0 Å². The van der Waals surface area contributed by atoms with Gasteiger partial charge in [0.25, 0.3) is 15.9 Å². The summed E-state index contributed by atoms with van der Waals surface area (Å²) in [5.41, 5.74) is 3.17. The van der Waals surface area contributed by atoms with E-state index in [0.717, 1.165) is 16.7 Å². The van der Waals surface area contributed by atoms with Gasteiger partial charge in [0.1, 0.15) is 5.75 Å². The predicted molar refractivity (Wildman–Crippen MR) is 146 cm³/mol. The van der Waals surface area contributed by atoms with Crippen molar-refractivity contribution in [1.82, 2.24) is 5.32 Å². The molecule has 0 spiro atoms. The fourth-order valence-electron chi connectivity index (χ4n) is 3.99. The Morgan fingerprint density at radius 3 is 2.22 bits per heavy atom. The molecule has 0 saturated carbocycles. The lowest BCUT2D eigenvalue weighted by Gasteiger charge is -2.27. The fourth-order valence-corrected chi connectivity index (χ4v) is 5.46. The number of sulfonamides is 1. The minimum Gasteiger partial charge on any atom is -0.494 e. The van der Waals surface area contributed by atoms with Gasteiger partial charge in [0.05, 0.1) is 29.3 Å². The molecule has 0 aliphatic heterocycles. The number of ether oxygens (including phenoxy) is 1. The number of nitrogens with zero attached hydrogens (tertiary/aromatic N) is 1. The van der Waals surface area contributed by atoms with E-state index in [9.17, 15) is 13.2 Å². The molecule has 1 N–H and O–H groups in total. The molecular weight excluding hydrogens is 484 g/mol. The second-order valence-electron chi connectivity index (χ2n) is 8.55. The maximum Gasteiger partial charge on any atom is 0.264 e. The normalized spacial score (nSPS) is 11.1. The van der Waals surface area contributed by atoms with E-state index >= 15 is 0 Å². The van der Waals surface area contributed by atoms with Gasteiger partial charge in [-0.25, -0.2) is 8.42 Å². The Hall–Kier alpha value is -4.10. The largest absolute Gasteiger partial charge is 0.494 e. The number of para-hydroxylation sites is 2. The first-order valence-corrected chi connectivity index (χ1v) is 13.6. The van der Waals surface area contributed by atoms with Gasteiger partial charge in [0, 0.05) is 12.1 Å². The number of carbonyl (C=O) groups is 1. The maximum absolute atomic E-state index is 13.9. The van der Waals surface area contributed by atoms with Gasteiger partial charge in [-0.15, -0.1) is 0 Å². The molecule has 0 aliphatic carbocycles. The van der Waals surface area contributed by atoms with Crippen LogP contribution in [0, 0.1) is 6.92 Å². The van der Waals surface area contributed by atoms with Gasteiger partial charge in [0.2, 0.25) is 0 Å². The molecular formula is C30H30N2O4S. The number of hydrogen-bond acceptors (Lipinski definition) is 4. The van der Waals surface area contributed by atoms with Crippen LogP contribution in [0.25, 0.3) is 0 Å². The Kier molecular flexibility index (Phi) is 8.25. The molecule has 0 saturated heterocycles. The molecule has 4 rings (SSSR count). The highest BCUT2D eigenvalue weighted by molar-refractivity contribution is 7.92. The molecule has 0 fully saturated rings. The molecule has 6 nitrogen and oxygen atoms in total. The van der Waals surface area contributed by atoms with Crippen molar-refractivity contribution in [2.45, 2.75) is 31.8 Å². The molecule has 1 amide bonds. The third-order valence-corrected chi connectivity index (χ3v) is 7.68. The van der Waals surface area contributed by atoms with Gasteiger partial charge in [-0.2, -0.15) is 0 Å². The predicted octanol–water partition coefficient (Wildman–Crippen LogP) is 5.72. The average molecular weight is 515 g/mol. The molecule has 4 aromatic carbocycles. The molecule has 0 aromatic heterocycles. The Balaban J connectivity index is 1.70. The van der Waals surface area contributed by atoms with Crippen LogP contribution in [0.2, 0.25) is 0 Å². The zero-order valence-corrected chi connectivity index (χ0v) is 21.7. The fraction of sp³-hybridized carbons (Fsp3) is 0.167. The van der Waals surface area contributed by atoms with Crippen molar-refractivity contribution < 1.29 is 17.9 Å². The highest BCUT2D eigenvalue weighted by atomic mass is 32.2. The minimum absolute atomic E-state index is 0.0779. The van der Waals surface area contributed by atoms with Crippen LogP contribution in [0.1, 0.15) is 34.0 Å². The monoisotopic (exact) mass is 514 g/mol. The van der Waals surface area contributed by atoms with E-state index in [1.54, 1.807) is 48.5 Å². The van der Waals surface area contributed by atoms with Crippen molar-refractivity contribution in [2.75, 3.05) is 10.9 Å². The van der Waals surface area contributed by atoms with E-state index in [2.05, 4.69) is 5.32 Å². The van der Waals surface area contributed by atoms with Gasteiger partial charge in [-0.3, -0.25) is 9.10 Å². The van der Waals surface area contributed by atoms with Crippen LogP contribution >= 0.6 is 0 Å². The molecule has 190 valence electrons. The number of amides is 1. The van der Waals surface area contributed by atoms with Crippen LogP contribution in [-0.4, -0.2) is 20.9 Å². The summed E-state index contributed by atoms with van der Waals surface area (Å²) < 4.78 is 34.8. The number of anilines is 1. The Morgan fingerprint density at radius 2 is 1.49 bits per heavy atom. The third-order valence-electron chi connectivity index (χ3n) is 5.91. The molecule has 4 aromatic rings. The van der Waals surface area contributed by atoms with Crippen LogP contribution in [0.4, 0.5) is 5.69 Å². The Bertz CT molecular complexity index is 1450. The number of aryl methyl sites for hydroxylation is 1. The van der Waals surface area contributed by atoms with Crippen LogP contribution in [0.15, 0.2) is 108 Å². The lowest BCUT2D eigenvalue weighted by Crippen LogP contribution is -2.33. The van der Waals surface area contributed by atoms with Gasteiger partial charge in [0.15, 0.2) is 0 Å². The number of carbonyl (C=O) groups excluding carboxylic acids is 1. The maximum atomic E-state index is 13.9. The Morgan fingerprint density at radius 1 is 0.838 bits per heavy atom. The second-order valence-corrected chi connectivity index (χ2v) is 10.4. The summed E-state index contributed by atoms with van der Waals surface area (Å²) in [6, 6.07) is 30.3. The first-order chi connectivity index (χ1) is 17.9. The Labute approximate surface area is 218 Å². The molecule has 0 radical (unpaired) electrons. The molecule has 37 heavy (non-hydrogen) atoms. The van der Waals surface area contributed by atoms with Crippen molar-refractivity contribution in [1.29, 1.82) is 0 Å². The summed E-state index contributed by atoms with van der Waals surface area (Å²) in [5, 5.41) is 2.93. The summed E-state index contributed by atoms with van der Waals surface area (Å²) in [7, 11) is -3.97. The standard InChI is InChI=1S/C30H30N2O4S/c1-3-36-29-16-10-7-13-25(29)21-31-30(33)27-14-8-9-15-28(27)32(22-24-11-5-4-6-12-24)37(34,35)26-19-17-23(2)18-20-26/h4-20H,3,21-22H2,1-2H3,(H,31,33). The van der Waals surface area contributed by atoms with Crippen molar-refractivity contribution in [2.24, 2.45) is 0 Å². The number of hydrogen-bond donors (Lipinski definition) is 1. The van der Waals surface area contributed by atoms with E-state index < -0.39 is 10.0 Å². The highest BCUT2D eigenvalue weighted by Crippen LogP contribution is 2.30. The minimum atomic E-state index is -3.97. The quantitative estimate of drug-likeness (QED) is 0.294. The number of rotatable bonds is 10. The van der Waals surface area contributed by atoms with E-state index in [1.807, 2.05) is 68.4 Å². The molecule has 0 bridgehead atoms. The lowest BCUT2D eigenvalue weighted by atomic mass is 10.1. The number of benzene rings is 4. The second kappa shape index (κ2) is 11.8. The molecule has 0 heterocycles. The van der Waals surface area contributed by atoms with Crippen molar-refractivity contribution in [3.63, 3.8) is 0 Å². The van der Waals surface area contributed by atoms with Crippen LogP contribution < -0.4 is 14.4 Å². The summed E-state index contributed by atoms with van der Waals surface area (Å²) in [4.78, 5) is 13.6. The zero-order valence-electron chi connectivity index (χ0n) is 20.9. The topological polar surface area (TPSA) is 75.7 Å². The van der Waals surface area contributed by atoms with Crippen molar-refractivity contribution >= 4 is 21.6 Å². The zero-order chi connectivity index (χ0) is 26.3. The van der Waals surface area contributed by atoms with Crippen LogP contribution in [0.5, 0.6) is 5.75 Å². The molecule has 0 aliphatic rings. The van der Waals surface area contributed by atoms with Crippen molar-refractivity contribution in [3.8, 4) is 5.75 Å². The number of nitrogens with one attached hydrogen (secondary N) is 1. The van der Waals surface area contributed by atoms with Gasteiger partial charge >= 0.3 is 0 Å². The third kappa shape index (κ3) is 6.19. The lowest BCUT2D eigenvalue weighted by molar-refractivity contribution is 0.0951. The van der Waals surface area contributed by atoms with E-state index in [-0.39, 0.29) is 29.5 Å². The molecule has 7 heteroatoms. The molecule has 0 unspecified atom stereocenters. The molecule has 0 atom stereocenters. The first-order valence-electron chi connectivity index (χ1n) is 12.1. The van der Waals surface area contributed by atoms with Gasteiger partial charge in [-0.05, 0) is 49.7 Å². The van der Waals surface area contributed by atoms with E-state index in [1.165, 1.54) is 4.31 Å². The summed E-state index contributed by atoms with van der Waals surface area (Å²) >= 11 is 0. The van der Waals surface area contributed by atoms with E-state index in [0.29, 0.717) is 18.0 Å². The SMILES string of the molecule is CCOc1ccccc1CNC(=O)c1ccccc1N(Cc1ccccc1)S(=O)(=O)c1ccc(C)cc1. The van der Waals surface area contributed by atoms with E-state index in [4.69, 9.17) is 4.74 Å². The summed E-state index contributed by atoms with van der Waals surface area (Å²) in [6.45, 7) is 4.64. The summed E-state index contributed by atoms with van der Waals surface area (Å²) in [5.74, 6) is 0.324. The average Bonchev–Trinajstić information content (AvgIpc) is 2.92.